The van der Waals surface area contributed by atoms with E-state index in [1.165, 1.54) is 11.9 Å². The van der Waals surface area contributed by atoms with Gasteiger partial charge in [-0.1, -0.05) is 53.1 Å². The number of carbonyl (C=O) groups is 1. The monoisotopic (exact) mass is 361 g/mol. The second-order valence-electron chi connectivity index (χ2n) is 8.01. The quantitative estimate of drug-likeness (QED) is 0.456. The standard InChI is InChI=1S/C20H24ClNOS/c1-19(2,3)16-11-14(12-17(18(16)23)20(4,5)6)22-24-15-9-7-13(21)8-10-15/h7-12H,1-6H3. The predicted octanol–water partition coefficient (Wildman–Crippen LogP) is 6.32. The molecule has 0 spiro atoms. The van der Waals surface area contributed by atoms with Gasteiger partial charge in [-0.05, 0) is 47.2 Å². The highest BCUT2D eigenvalue weighted by Gasteiger charge is 2.34. The van der Waals surface area contributed by atoms with Crippen molar-refractivity contribution in [2.24, 2.45) is 15.2 Å². The summed E-state index contributed by atoms with van der Waals surface area (Å²) in [7, 11) is 0. The molecular formula is C20H24ClNOS. The number of halogens is 1. The molecule has 4 heteroatoms. The van der Waals surface area contributed by atoms with Crippen molar-refractivity contribution in [2.75, 3.05) is 0 Å². The zero-order valence-corrected chi connectivity index (χ0v) is 16.7. The normalized spacial score (nSPS) is 16.0. The molecule has 0 aliphatic heterocycles. The van der Waals surface area contributed by atoms with Crippen molar-refractivity contribution >= 4 is 35.0 Å². The molecule has 1 aromatic carbocycles. The highest BCUT2D eigenvalue weighted by atomic mass is 35.5. The van der Waals surface area contributed by atoms with Gasteiger partial charge in [0.2, 0.25) is 0 Å². The van der Waals surface area contributed by atoms with Gasteiger partial charge in [0.25, 0.3) is 0 Å². The lowest BCUT2D eigenvalue weighted by atomic mass is 9.72. The van der Waals surface area contributed by atoms with Gasteiger partial charge in [0.15, 0.2) is 5.78 Å². The Bertz CT molecular complexity index is 692. The maximum atomic E-state index is 12.9. The number of hydrogen-bond acceptors (Lipinski definition) is 3. The first-order valence-corrected chi connectivity index (χ1v) is 9.13. The maximum absolute atomic E-state index is 12.9. The summed E-state index contributed by atoms with van der Waals surface area (Å²) < 4.78 is 4.63. The number of rotatable bonds is 2. The minimum absolute atomic E-state index is 0.130. The van der Waals surface area contributed by atoms with E-state index < -0.39 is 0 Å². The van der Waals surface area contributed by atoms with Crippen LogP contribution in [0.1, 0.15) is 41.5 Å². The molecule has 1 aliphatic carbocycles. The van der Waals surface area contributed by atoms with Crippen molar-refractivity contribution in [3.63, 3.8) is 0 Å². The molecule has 0 bridgehead atoms. The predicted molar refractivity (Wildman–Crippen MR) is 105 cm³/mol. The smallest absolute Gasteiger partial charge is 0.186 e. The second kappa shape index (κ2) is 6.89. The van der Waals surface area contributed by atoms with Crippen LogP contribution in [-0.4, -0.2) is 11.5 Å². The van der Waals surface area contributed by atoms with Crippen LogP contribution in [0.5, 0.6) is 0 Å². The number of nitrogens with zero attached hydrogens (tertiary/aromatic N) is 1. The van der Waals surface area contributed by atoms with Crippen molar-refractivity contribution < 1.29 is 4.79 Å². The van der Waals surface area contributed by atoms with Crippen molar-refractivity contribution in [2.45, 2.75) is 46.4 Å². The maximum Gasteiger partial charge on any atom is 0.186 e. The Morgan fingerprint density at radius 1 is 0.875 bits per heavy atom. The number of benzene rings is 1. The molecule has 0 heterocycles. The largest absolute Gasteiger partial charge is 0.289 e. The zero-order chi connectivity index (χ0) is 18.1. The molecular weight excluding hydrogens is 338 g/mol. The zero-order valence-electron chi connectivity index (χ0n) is 15.1. The molecule has 0 saturated heterocycles. The molecule has 128 valence electrons. The van der Waals surface area contributed by atoms with Gasteiger partial charge in [-0.2, -0.15) is 0 Å². The fourth-order valence-electron chi connectivity index (χ4n) is 2.38. The van der Waals surface area contributed by atoms with Gasteiger partial charge >= 0.3 is 0 Å². The molecule has 0 N–H and O–H groups in total. The molecule has 0 saturated carbocycles. The van der Waals surface area contributed by atoms with E-state index in [2.05, 4.69) is 45.9 Å². The molecule has 0 fully saturated rings. The fraction of sp³-hybridized carbons (Fsp3) is 0.400. The van der Waals surface area contributed by atoms with Crippen LogP contribution >= 0.6 is 23.5 Å². The Morgan fingerprint density at radius 2 is 1.33 bits per heavy atom. The summed E-state index contributed by atoms with van der Waals surface area (Å²) in [4.78, 5) is 13.9. The molecule has 0 radical (unpaired) electrons. The van der Waals surface area contributed by atoms with Crippen molar-refractivity contribution in [1.29, 1.82) is 0 Å². The summed E-state index contributed by atoms with van der Waals surface area (Å²) >= 11 is 7.30. The topological polar surface area (TPSA) is 29.4 Å². The Morgan fingerprint density at radius 3 is 1.75 bits per heavy atom. The molecule has 1 aliphatic rings. The van der Waals surface area contributed by atoms with Crippen molar-refractivity contribution in [1.82, 2.24) is 0 Å². The highest BCUT2D eigenvalue weighted by Crippen LogP contribution is 2.37. The number of ketones is 1. The summed E-state index contributed by atoms with van der Waals surface area (Å²) in [6, 6.07) is 7.57. The van der Waals surface area contributed by atoms with Crippen LogP contribution in [0.15, 0.2) is 56.9 Å². The molecule has 2 rings (SSSR count). The van der Waals surface area contributed by atoms with E-state index in [9.17, 15) is 4.79 Å². The number of carbonyl (C=O) groups excluding carboxylic acids is 1. The molecule has 0 atom stereocenters. The SMILES string of the molecule is CC(C)(C)C1=CC(=NSc2ccc(Cl)cc2)C=C(C(C)(C)C)C1=O. The molecule has 0 amide bonds. The lowest BCUT2D eigenvalue weighted by molar-refractivity contribution is -0.114. The van der Waals surface area contributed by atoms with Gasteiger partial charge in [0.05, 0.1) is 5.71 Å². The van der Waals surface area contributed by atoms with Crippen LogP contribution in [0.3, 0.4) is 0 Å². The van der Waals surface area contributed by atoms with Gasteiger partial charge in [-0.3, -0.25) is 4.79 Å². The summed E-state index contributed by atoms with van der Waals surface area (Å²) in [5, 5.41) is 0.708. The van der Waals surface area contributed by atoms with Gasteiger partial charge in [-0.25, -0.2) is 4.40 Å². The lowest BCUT2D eigenvalue weighted by Gasteiger charge is -2.30. The minimum atomic E-state index is -0.215. The lowest BCUT2D eigenvalue weighted by Crippen LogP contribution is -2.29. The van der Waals surface area contributed by atoms with E-state index >= 15 is 0 Å². The fourth-order valence-corrected chi connectivity index (χ4v) is 3.08. The average Bonchev–Trinajstić information content (AvgIpc) is 2.45. The molecule has 24 heavy (non-hydrogen) atoms. The van der Waals surface area contributed by atoms with Crippen LogP contribution in [0, 0.1) is 10.8 Å². The second-order valence-corrected chi connectivity index (χ2v) is 9.28. The van der Waals surface area contributed by atoms with E-state index in [1.54, 1.807) is 0 Å². The van der Waals surface area contributed by atoms with Crippen LogP contribution in [0.2, 0.25) is 5.02 Å². The summed E-state index contributed by atoms with van der Waals surface area (Å²) in [5.41, 5.74) is 2.02. The first-order chi connectivity index (χ1) is 11.0. The van der Waals surface area contributed by atoms with Crippen molar-refractivity contribution in [3.8, 4) is 0 Å². The van der Waals surface area contributed by atoms with Gasteiger partial charge in [-0.15, -0.1) is 0 Å². The van der Waals surface area contributed by atoms with E-state index in [4.69, 9.17) is 11.6 Å². The Hall–Kier alpha value is -1.32. The first kappa shape index (κ1) is 19.0. The van der Waals surface area contributed by atoms with E-state index in [0.717, 1.165) is 21.8 Å². The minimum Gasteiger partial charge on any atom is -0.289 e. The number of allylic oxidation sites excluding steroid dienone is 4. The third-order valence-corrected chi connectivity index (χ3v) is 4.80. The van der Waals surface area contributed by atoms with E-state index in [-0.39, 0.29) is 16.6 Å². The summed E-state index contributed by atoms with van der Waals surface area (Å²) in [6.45, 7) is 12.4. The van der Waals surface area contributed by atoms with Gasteiger partial charge < -0.3 is 0 Å². The van der Waals surface area contributed by atoms with Crippen LogP contribution in [-0.2, 0) is 4.79 Å². The molecule has 2 nitrogen and oxygen atoms in total. The summed E-state index contributed by atoms with van der Waals surface area (Å²) in [6.07, 6.45) is 3.83. The molecule has 0 aromatic heterocycles. The van der Waals surface area contributed by atoms with Crippen LogP contribution in [0.25, 0.3) is 0 Å². The van der Waals surface area contributed by atoms with Gasteiger partial charge in [0.1, 0.15) is 0 Å². The summed E-state index contributed by atoms with van der Waals surface area (Å²) in [5.74, 6) is 0.130. The Balaban J connectivity index is 2.40. The number of Topliss-reactive ketones (excluding diaryl/α,β-unsaturated/α-hetero) is 1. The first-order valence-electron chi connectivity index (χ1n) is 7.98. The van der Waals surface area contributed by atoms with Gasteiger partial charge in [0, 0.05) is 33.0 Å². The third kappa shape index (κ3) is 4.61. The highest BCUT2D eigenvalue weighted by molar-refractivity contribution is 7.98. The molecule has 1 aromatic rings. The van der Waals surface area contributed by atoms with E-state index in [0.29, 0.717) is 5.02 Å². The molecule has 0 unspecified atom stereocenters. The Labute approximate surface area is 154 Å². The Kier molecular flexibility index (Phi) is 5.46. The number of hydrogen-bond donors (Lipinski definition) is 0. The average molecular weight is 362 g/mol. The van der Waals surface area contributed by atoms with E-state index in [1.807, 2.05) is 36.4 Å². The van der Waals surface area contributed by atoms with Crippen molar-refractivity contribution in [3.05, 3.63) is 52.6 Å². The van der Waals surface area contributed by atoms with Crippen LogP contribution < -0.4 is 0 Å². The van der Waals surface area contributed by atoms with Crippen LogP contribution in [0.4, 0.5) is 0 Å². The third-order valence-electron chi connectivity index (χ3n) is 3.76.